The van der Waals surface area contributed by atoms with Gasteiger partial charge in [0, 0.05) is 24.7 Å². The van der Waals surface area contributed by atoms with E-state index in [-0.39, 0.29) is 11.0 Å². The Morgan fingerprint density at radius 1 is 1.11 bits per heavy atom. The zero-order chi connectivity index (χ0) is 25.4. The molecule has 186 valence electrons. The van der Waals surface area contributed by atoms with E-state index >= 15 is 0 Å². The van der Waals surface area contributed by atoms with Gasteiger partial charge in [-0.25, -0.2) is 15.0 Å². The summed E-state index contributed by atoms with van der Waals surface area (Å²) in [5, 5.41) is 5.20. The molecule has 0 amide bonds. The molecule has 4 aromatic rings. The monoisotopic (exact) mass is 499 g/mol. The van der Waals surface area contributed by atoms with Crippen molar-refractivity contribution in [3.63, 3.8) is 0 Å². The molecule has 0 saturated carbocycles. The average Bonchev–Trinajstić information content (AvgIpc) is 3.22. The number of rotatable bonds is 5. The van der Waals surface area contributed by atoms with E-state index in [1.54, 1.807) is 22.1 Å². The quantitative estimate of drug-likeness (QED) is 0.266. The maximum atomic E-state index is 13.9. The summed E-state index contributed by atoms with van der Waals surface area (Å²) in [4.78, 5) is 23.0. The van der Waals surface area contributed by atoms with Crippen molar-refractivity contribution in [3.05, 3.63) is 81.0 Å². The van der Waals surface area contributed by atoms with Gasteiger partial charge < -0.3 is 4.90 Å². The largest absolute Gasteiger partial charge is 0.378 e. The number of hydrogen-bond donors (Lipinski definition) is 1. The Labute approximate surface area is 216 Å². The molecule has 5 rings (SSSR count). The number of anilines is 2. The number of para-hydroxylation sites is 1. The van der Waals surface area contributed by atoms with Crippen LogP contribution in [0.1, 0.15) is 43.2 Å². The highest BCUT2D eigenvalue weighted by Crippen LogP contribution is 2.42. The van der Waals surface area contributed by atoms with E-state index in [4.69, 9.17) is 4.98 Å². The zero-order valence-corrected chi connectivity index (χ0v) is 22.4. The summed E-state index contributed by atoms with van der Waals surface area (Å²) in [6.07, 6.45) is 4.79. The van der Waals surface area contributed by atoms with Crippen molar-refractivity contribution in [2.45, 2.75) is 40.0 Å². The predicted octanol–water partition coefficient (Wildman–Crippen LogP) is 6.11. The van der Waals surface area contributed by atoms with Crippen LogP contribution in [0.15, 0.2) is 64.5 Å². The van der Waals surface area contributed by atoms with Crippen molar-refractivity contribution in [2.24, 2.45) is 16.4 Å². The number of hydrazone groups is 1. The summed E-state index contributed by atoms with van der Waals surface area (Å²) in [6, 6.07) is 17.8. The molecule has 0 saturated heterocycles. The van der Waals surface area contributed by atoms with E-state index in [1.165, 1.54) is 10.4 Å². The Morgan fingerprint density at radius 2 is 1.83 bits per heavy atom. The predicted molar refractivity (Wildman–Crippen MR) is 152 cm³/mol. The van der Waals surface area contributed by atoms with Crippen LogP contribution in [-0.4, -0.2) is 29.9 Å². The Morgan fingerprint density at radius 3 is 2.50 bits per heavy atom. The van der Waals surface area contributed by atoms with Crippen LogP contribution in [0.5, 0.6) is 0 Å². The van der Waals surface area contributed by atoms with Crippen molar-refractivity contribution in [3.8, 4) is 5.69 Å². The van der Waals surface area contributed by atoms with Gasteiger partial charge in [-0.1, -0.05) is 51.1 Å². The van der Waals surface area contributed by atoms with Gasteiger partial charge in [0.2, 0.25) is 5.95 Å². The maximum Gasteiger partial charge on any atom is 0.268 e. The number of nitrogens with one attached hydrogen (secondary N) is 1. The van der Waals surface area contributed by atoms with E-state index < -0.39 is 0 Å². The van der Waals surface area contributed by atoms with E-state index in [9.17, 15) is 4.79 Å². The Kier molecular flexibility index (Phi) is 6.43. The molecule has 7 heteroatoms. The number of thiophene rings is 1. The van der Waals surface area contributed by atoms with Crippen LogP contribution in [0.2, 0.25) is 0 Å². The van der Waals surface area contributed by atoms with E-state index in [0.29, 0.717) is 11.9 Å². The number of aromatic nitrogens is 2. The third-order valence-corrected chi connectivity index (χ3v) is 8.26. The van der Waals surface area contributed by atoms with Crippen LogP contribution in [-0.2, 0) is 12.8 Å². The molecule has 36 heavy (non-hydrogen) atoms. The molecule has 1 N–H and O–H groups in total. The first kappa shape index (κ1) is 24.3. The molecule has 0 fully saturated rings. The van der Waals surface area contributed by atoms with E-state index in [1.807, 2.05) is 68.7 Å². The minimum absolute atomic E-state index is 0.0362. The molecule has 0 spiro atoms. The molecule has 6 nitrogen and oxygen atoms in total. The van der Waals surface area contributed by atoms with Gasteiger partial charge in [-0.05, 0) is 66.0 Å². The summed E-state index contributed by atoms with van der Waals surface area (Å²) in [5.41, 5.74) is 7.32. The molecule has 0 aliphatic heterocycles. The minimum atomic E-state index is -0.0362. The number of nitrogens with zero attached hydrogens (tertiary/aromatic N) is 4. The topological polar surface area (TPSA) is 62.5 Å². The highest BCUT2D eigenvalue weighted by molar-refractivity contribution is 7.18. The minimum Gasteiger partial charge on any atom is -0.378 e. The lowest BCUT2D eigenvalue weighted by atomic mass is 9.72. The third kappa shape index (κ3) is 4.67. The lowest BCUT2D eigenvalue weighted by Crippen LogP contribution is -2.27. The summed E-state index contributed by atoms with van der Waals surface area (Å²) >= 11 is 1.66. The molecular weight excluding hydrogens is 466 g/mol. The van der Waals surface area contributed by atoms with E-state index in [2.05, 4.69) is 36.2 Å². The van der Waals surface area contributed by atoms with Gasteiger partial charge in [-0.3, -0.25) is 4.79 Å². The van der Waals surface area contributed by atoms with Crippen molar-refractivity contribution in [2.75, 3.05) is 24.4 Å². The second-order valence-electron chi connectivity index (χ2n) is 10.8. The number of aryl methyl sites for hydroxylation is 1. The molecule has 2 aromatic heterocycles. The van der Waals surface area contributed by atoms with Gasteiger partial charge in [-0.15, -0.1) is 11.3 Å². The van der Waals surface area contributed by atoms with Crippen LogP contribution in [0.3, 0.4) is 0 Å². The molecule has 1 aliphatic carbocycles. The SMILES string of the molecule is CN(C)c1ccc(/C=N/Nc2nc3sc4c(c3c(=O)n2-c2ccccc2)CCC(C(C)(C)C)C4)cc1. The molecule has 2 aromatic carbocycles. The average molecular weight is 500 g/mol. The lowest BCUT2D eigenvalue weighted by molar-refractivity contribution is 0.218. The first-order valence-electron chi connectivity index (χ1n) is 12.4. The smallest absolute Gasteiger partial charge is 0.268 e. The summed E-state index contributed by atoms with van der Waals surface area (Å²) < 4.78 is 1.65. The first-order chi connectivity index (χ1) is 17.2. The Hall–Kier alpha value is -3.45. The highest BCUT2D eigenvalue weighted by Gasteiger charge is 2.32. The van der Waals surface area contributed by atoms with Gasteiger partial charge in [0.25, 0.3) is 5.56 Å². The van der Waals surface area contributed by atoms with Gasteiger partial charge in [0.1, 0.15) is 4.83 Å². The summed E-state index contributed by atoms with van der Waals surface area (Å²) in [6.45, 7) is 6.93. The molecule has 2 heterocycles. The number of fused-ring (bicyclic) bond motifs is 3. The van der Waals surface area contributed by atoms with Crippen molar-refractivity contribution in [1.82, 2.24) is 9.55 Å². The van der Waals surface area contributed by atoms with E-state index in [0.717, 1.165) is 46.4 Å². The first-order valence-corrected chi connectivity index (χ1v) is 13.2. The second-order valence-corrected chi connectivity index (χ2v) is 11.8. The van der Waals surface area contributed by atoms with Gasteiger partial charge >= 0.3 is 0 Å². The third-order valence-electron chi connectivity index (χ3n) is 7.11. The molecule has 1 atom stereocenters. The van der Waals surface area contributed by atoms with Crippen molar-refractivity contribution in [1.29, 1.82) is 0 Å². The molecule has 0 radical (unpaired) electrons. The second kappa shape index (κ2) is 9.54. The van der Waals surface area contributed by atoms with Crippen LogP contribution in [0.25, 0.3) is 15.9 Å². The molecule has 1 aliphatic rings. The molecule has 1 unspecified atom stereocenters. The number of benzene rings is 2. The Balaban J connectivity index is 1.55. The lowest BCUT2D eigenvalue weighted by Gasteiger charge is -2.33. The van der Waals surface area contributed by atoms with Crippen LogP contribution < -0.4 is 15.9 Å². The van der Waals surface area contributed by atoms with Gasteiger partial charge in [0.15, 0.2) is 0 Å². The summed E-state index contributed by atoms with van der Waals surface area (Å²) in [5.74, 6) is 1.03. The normalized spacial score (nSPS) is 15.9. The van der Waals surface area contributed by atoms with Gasteiger partial charge in [-0.2, -0.15) is 5.10 Å². The fraction of sp³-hybridized carbons (Fsp3) is 0.345. The zero-order valence-electron chi connectivity index (χ0n) is 21.6. The molecule has 0 bridgehead atoms. The van der Waals surface area contributed by atoms with Crippen LogP contribution >= 0.6 is 11.3 Å². The number of hydrogen-bond acceptors (Lipinski definition) is 6. The summed E-state index contributed by atoms with van der Waals surface area (Å²) in [7, 11) is 4.03. The molecular formula is C29H33N5OS. The van der Waals surface area contributed by atoms with Crippen LogP contribution in [0, 0.1) is 11.3 Å². The fourth-order valence-electron chi connectivity index (χ4n) is 4.88. The van der Waals surface area contributed by atoms with Crippen molar-refractivity contribution < 1.29 is 0 Å². The van der Waals surface area contributed by atoms with Crippen LogP contribution in [0.4, 0.5) is 11.6 Å². The standard InChI is InChI=1S/C29H33N5OS/c1-29(2,3)20-13-16-23-24(17-20)36-26-25(23)27(35)34(22-9-7-6-8-10-22)28(31-26)32-30-18-19-11-14-21(15-12-19)33(4)5/h6-12,14-15,18,20H,13,16-17H2,1-5H3,(H,31,32)/b30-18+. The van der Waals surface area contributed by atoms with Gasteiger partial charge in [0.05, 0.1) is 17.3 Å². The fourth-order valence-corrected chi connectivity index (χ4v) is 6.17. The van der Waals surface area contributed by atoms with Crippen molar-refractivity contribution >= 4 is 39.4 Å². The Bertz CT molecular complexity index is 1460. The maximum absolute atomic E-state index is 13.9. The highest BCUT2D eigenvalue weighted by atomic mass is 32.1.